The monoisotopic (exact) mass is 182 g/mol. The largest absolute Gasteiger partial charge is 0.342 e. The van der Waals surface area contributed by atoms with Crippen LogP contribution in [0.25, 0.3) is 0 Å². The maximum absolute atomic E-state index is 9.88. The molecular weight excluding hydrogens is 168 g/mol. The Balaban J connectivity index is 3.95. The van der Waals surface area contributed by atoms with Crippen molar-refractivity contribution in [2.45, 2.75) is 20.1 Å². The zero-order valence-corrected chi connectivity index (χ0v) is 7.95. The molecule has 0 aromatic carbocycles. The number of hydrogen-bond donors (Lipinski definition) is 0. The minimum atomic E-state index is -0.494. The summed E-state index contributed by atoms with van der Waals surface area (Å²) in [5.74, 6) is 5.36. The zero-order chi connectivity index (χ0) is 9.94. The molecule has 13 heavy (non-hydrogen) atoms. The Kier molecular flexibility index (Phi) is 8.21. The van der Waals surface area contributed by atoms with E-state index in [0.29, 0.717) is 19.5 Å². The first-order valence-corrected chi connectivity index (χ1v) is 4.19. The van der Waals surface area contributed by atoms with E-state index in [0.717, 1.165) is 0 Å². The molecule has 0 aromatic rings. The molecule has 0 spiro atoms. The third-order valence-electron chi connectivity index (χ3n) is 1.10. The van der Waals surface area contributed by atoms with Crippen molar-refractivity contribution in [3.63, 3.8) is 0 Å². The van der Waals surface area contributed by atoms with Crippen molar-refractivity contribution in [2.24, 2.45) is 0 Å². The summed E-state index contributed by atoms with van der Waals surface area (Å²) in [6.45, 7) is 4.84. The van der Waals surface area contributed by atoms with E-state index in [1.165, 1.54) is 12.2 Å². The van der Waals surface area contributed by atoms with Crippen LogP contribution in [0.1, 0.15) is 13.8 Å². The summed E-state index contributed by atoms with van der Waals surface area (Å²) in [6.07, 6.45) is 2.96. The average Bonchev–Trinajstić information content (AvgIpc) is 2.13. The molecule has 0 N–H and O–H groups in total. The van der Waals surface area contributed by atoms with Crippen LogP contribution in [0.15, 0.2) is 12.2 Å². The quantitative estimate of drug-likeness (QED) is 0.277. The van der Waals surface area contributed by atoms with E-state index in [1.807, 2.05) is 13.8 Å². The van der Waals surface area contributed by atoms with E-state index in [-0.39, 0.29) is 0 Å². The van der Waals surface area contributed by atoms with Crippen molar-refractivity contribution < 1.29 is 14.3 Å². The Bertz CT molecular complexity index is 204. The predicted molar refractivity (Wildman–Crippen MR) is 50.0 cm³/mol. The lowest BCUT2D eigenvalue weighted by molar-refractivity contribution is -0.104. The van der Waals surface area contributed by atoms with Gasteiger partial charge in [-0.05, 0) is 31.9 Å². The van der Waals surface area contributed by atoms with Gasteiger partial charge in [0.2, 0.25) is 6.29 Å². The van der Waals surface area contributed by atoms with Crippen LogP contribution in [0.4, 0.5) is 0 Å². The lowest BCUT2D eigenvalue weighted by atomic mass is 10.5. The summed E-state index contributed by atoms with van der Waals surface area (Å²) in [4.78, 5) is 9.88. The first kappa shape index (κ1) is 11.9. The number of allylic oxidation sites excluding steroid dienone is 2. The zero-order valence-electron chi connectivity index (χ0n) is 7.95. The first-order valence-electron chi connectivity index (χ1n) is 4.19. The van der Waals surface area contributed by atoms with Gasteiger partial charge in [0.1, 0.15) is 6.29 Å². The second kappa shape index (κ2) is 8.98. The highest BCUT2D eigenvalue weighted by molar-refractivity contribution is 5.65. The predicted octanol–water partition coefficient (Wildman–Crippen LogP) is 1.14. The molecule has 0 aromatic heterocycles. The molecule has 0 aliphatic rings. The summed E-state index contributed by atoms with van der Waals surface area (Å²) in [7, 11) is 0. The highest BCUT2D eigenvalue weighted by Gasteiger charge is 2.00. The molecule has 0 aliphatic heterocycles. The molecule has 0 fully saturated rings. The molecule has 0 radical (unpaired) electrons. The fourth-order valence-corrected chi connectivity index (χ4v) is 0.638. The Morgan fingerprint density at radius 2 is 1.92 bits per heavy atom. The topological polar surface area (TPSA) is 35.5 Å². The fourth-order valence-electron chi connectivity index (χ4n) is 0.638. The molecule has 0 saturated carbocycles. The molecular formula is C10H14O3. The Morgan fingerprint density at radius 3 is 2.38 bits per heavy atom. The van der Waals surface area contributed by atoms with Crippen LogP contribution in [0.5, 0.6) is 0 Å². The molecule has 0 rings (SSSR count). The van der Waals surface area contributed by atoms with Gasteiger partial charge in [0.25, 0.3) is 0 Å². The molecule has 0 amide bonds. The van der Waals surface area contributed by atoms with Crippen LogP contribution in [0.3, 0.4) is 0 Å². The van der Waals surface area contributed by atoms with Gasteiger partial charge in [-0.3, -0.25) is 4.79 Å². The number of carbonyl (C=O) groups is 1. The smallest absolute Gasteiger partial charge is 0.222 e. The van der Waals surface area contributed by atoms with Crippen molar-refractivity contribution >= 4 is 6.29 Å². The number of rotatable bonds is 5. The third kappa shape index (κ3) is 7.26. The van der Waals surface area contributed by atoms with E-state index < -0.39 is 6.29 Å². The second-order valence-corrected chi connectivity index (χ2v) is 2.03. The van der Waals surface area contributed by atoms with Crippen molar-refractivity contribution in [2.75, 3.05) is 13.2 Å². The van der Waals surface area contributed by atoms with Crippen LogP contribution in [-0.4, -0.2) is 25.8 Å². The number of aldehydes is 1. The minimum Gasteiger partial charge on any atom is -0.342 e. The first-order chi connectivity index (χ1) is 6.35. The summed E-state index contributed by atoms with van der Waals surface area (Å²) in [5, 5.41) is 0. The number of ether oxygens (including phenoxy) is 2. The Morgan fingerprint density at radius 1 is 1.31 bits per heavy atom. The maximum Gasteiger partial charge on any atom is 0.222 e. The fraction of sp³-hybridized carbons (Fsp3) is 0.500. The van der Waals surface area contributed by atoms with Crippen LogP contribution in [0, 0.1) is 11.8 Å². The van der Waals surface area contributed by atoms with E-state index in [2.05, 4.69) is 11.8 Å². The van der Waals surface area contributed by atoms with E-state index in [1.54, 1.807) is 0 Å². The van der Waals surface area contributed by atoms with Crippen molar-refractivity contribution in [1.29, 1.82) is 0 Å². The molecule has 0 unspecified atom stereocenters. The van der Waals surface area contributed by atoms with Gasteiger partial charge in [0.05, 0.1) is 0 Å². The van der Waals surface area contributed by atoms with E-state index >= 15 is 0 Å². The van der Waals surface area contributed by atoms with Crippen molar-refractivity contribution in [3.05, 3.63) is 12.2 Å². The highest BCUT2D eigenvalue weighted by Crippen LogP contribution is 1.92. The Labute approximate surface area is 78.7 Å². The summed E-state index contributed by atoms with van der Waals surface area (Å²) < 4.78 is 10.3. The lowest BCUT2D eigenvalue weighted by Crippen LogP contribution is -2.14. The van der Waals surface area contributed by atoms with Gasteiger partial charge in [-0.2, -0.15) is 0 Å². The lowest BCUT2D eigenvalue weighted by Gasteiger charge is -2.09. The molecule has 0 saturated heterocycles. The van der Waals surface area contributed by atoms with Crippen LogP contribution >= 0.6 is 0 Å². The summed E-state index contributed by atoms with van der Waals surface area (Å²) in [6, 6.07) is 0. The average molecular weight is 182 g/mol. The standard InChI is InChI=1S/C10H14O3/c1-3-12-10(13-4-2)8-6-5-7-9-11/h5,7,9-10H,3-4H2,1-2H3. The summed E-state index contributed by atoms with van der Waals surface area (Å²) >= 11 is 0. The van der Waals surface area contributed by atoms with Crippen LogP contribution in [-0.2, 0) is 14.3 Å². The number of carbonyl (C=O) groups excluding carboxylic acids is 1. The van der Waals surface area contributed by atoms with Gasteiger partial charge >= 0.3 is 0 Å². The molecule has 0 aliphatic carbocycles. The van der Waals surface area contributed by atoms with E-state index in [9.17, 15) is 4.79 Å². The van der Waals surface area contributed by atoms with Gasteiger partial charge in [-0.1, -0.05) is 5.92 Å². The molecule has 72 valence electrons. The SMILES string of the molecule is CCOC(C#CC=CC=O)OCC. The van der Waals surface area contributed by atoms with Gasteiger partial charge < -0.3 is 9.47 Å². The van der Waals surface area contributed by atoms with Gasteiger partial charge in [0.15, 0.2) is 0 Å². The highest BCUT2D eigenvalue weighted by atomic mass is 16.7. The van der Waals surface area contributed by atoms with Crippen LogP contribution < -0.4 is 0 Å². The van der Waals surface area contributed by atoms with Gasteiger partial charge in [-0.25, -0.2) is 0 Å². The molecule has 0 atom stereocenters. The van der Waals surface area contributed by atoms with E-state index in [4.69, 9.17) is 9.47 Å². The van der Waals surface area contributed by atoms with Gasteiger partial charge in [-0.15, -0.1) is 0 Å². The normalized spacial score (nSPS) is 10.1. The third-order valence-corrected chi connectivity index (χ3v) is 1.10. The molecule has 0 heterocycles. The van der Waals surface area contributed by atoms with Crippen molar-refractivity contribution in [1.82, 2.24) is 0 Å². The maximum atomic E-state index is 9.88. The minimum absolute atomic E-state index is 0.494. The van der Waals surface area contributed by atoms with Crippen molar-refractivity contribution in [3.8, 4) is 11.8 Å². The Hall–Kier alpha value is -1.11. The second-order valence-electron chi connectivity index (χ2n) is 2.03. The number of hydrogen-bond acceptors (Lipinski definition) is 3. The molecule has 0 bridgehead atoms. The van der Waals surface area contributed by atoms with Crippen LogP contribution in [0.2, 0.25) is 0 Å². The molecule has 3 nitrogen and oxygen atoms in total. The van der Waals surface area contributed by atoms with Gasteiger partial charge in [0, 0.05) is 13.2 Å². The summed E-state index contributed by atoms with van der Waals surface area (Å²) in [5.41, 5.74) is 0. The molecule has 3 heteroatoms.